The van der Waals surface area contributed by atoms with Crippen LogP contribution in [-0.2, 0) is 11.3 Å². The lowest BCUT2D eigenvalue weighted by molar-refractivity contribution is 0.0123. The number of oxime groups is 1. The van der Waals surface area contributed by atoms with E-state index in [-0.39, 0.29) is 10.9 Å². The summed E-state index contributed by atoms with van der Waals surface area (Å²) in [7, 11) is 0. The fourth-order valence-corrected chi connectivity index (χ4v) is 2.54. The van der Waals surface area contributed by atoms with Crippen molar-refractivity contribution >= 4 is 28.4 Å². The van der Waals surface area contributed by atoms with Crippen LogP contribution in [-0.4, -0.2) is 31.6 Å². The van der Waals surface area contributed by atoms with E-state index in [4.69, 9.17) is 16.4 Å². The van der Waals surface area contributed by atoms with E-state index in [9.17, 15) is 0 Å². The van der Waals surface area contributed by atoms with Gasteiger partial charge < -0.3 is 4.84 Å². The minimum atomic E-state index is -0.155. The Hall–Kier alpha value is -0.750. The SMILES string of the molecule is CC1(C)CC(SCCc2nc(Cl)n[nH]2)=NO1. The molecule has 1 aliphatic rings. The second-order valence-corrected chi connectivity index (χ2v) is 5.67. The van der Waals surface area contributed by atoms with Gasteiger partial charge in [-0.3, -0.25) is 5.10 Å². The largest absolute Gasteiger partial charge is 0.389 e. The van der Waals surface area contributed by atoms with Gasteiger partial charge in [-0.15, -0.1) is 16.9 Å². The Kier molecular flexibility index (Phi) is 3.39. The molecule has 0 fully saturated rings. The van der Waals surface area contributed by atoms with Crippen molar-refractivity contribution in [2.75, 3.05) is 5.75 Å². The molecule has 0 aliphatic carbocycles. The molecule has 5 nitrogen and oxygen atoms in total. The zero-order chi connectivity index (χ0) is 11.6. The normalized spacial score (nSPS) is 18.3. The highest BCUT2D eigenvalue weighted by Gasteiger charge is 2.28. The number of rotatable bonds is 3. The third-order valence-corrected chi connectivity index (χ3v) is 3.21. The smallest absolute Gasteiger partial charge is 0.242 e. The van der Waals surface area contributed by atoms with Crippen LogP contribution in [0.25, 0.3) is 0 Å². The van der Waals surface area contributed by atoms with Crippen LogP contribution in [0, 0.1) is 0 Å². The van der Waals surface area contributed by atoms with Gasteiger partial charge in [0.2, 0.25) is 5.28 Å². The molecule has 0 amide bonds. The van der Waals surface area contributed by atoms with Gasteiger partial charge in [0, 0.05) is 18.6 Å². The fraction of sp³-hybridized carbons (Fsp3) is 0.667. The molecule has 0 spiro atoms. The van der Waals surface area contributed by atoms with E-state index in [1.807, 2.05) is 13.8 Å². The van der Waals surface area contributed by atoms with Gasteiger partial charge >= 0.3 is 0 Å². The van der Waals surface area contributed by atoms with Crippen LogP contribution in [0.3, 0.4) is 0 Å². The predicted octanol–water partition coefficient (Wildman–Crippen LogP) is 2.25. The zero-order valence-electron chi connectivity index (χ0n) is 9.16. The van der Waals surface area contributed by atoms with Crippen LogP contribution in [0.4, 0.5) is 0 Å². The quantitative estimate of drug-likeness (QED) is 0.905. The number of H-pyrrole nitrogens is 1. The lowest BCUT2D eigenvalue weighted by Gasteiger charge is -2.12. The molecule has 88 valence electrons. The van der Waals surface area contributed by atoms with E-state index in [1.165, 1.54) is 0 Å². The molecular weight excluding hydrogens is 248 g/mol. The average molecular weight is 261 g/mol. The first-order chi connectivity index (χ1) is 7.55. The highest BCUT2D eigenvalue weighted by Crippen LogP contribution is 2.27. The summed E-state index contributed by atoms with van der Waals surface area (Å²) in [5, 5.41) is 11.9. The number of nitrogens with one attached hydrogen (secondary N) is 1. The summed E-state index contributed by atoms with van der Waals surface area (Å²) in [5.74, 6) is 1.69. The summed E-state index contributed by atoms with van der Waals surface area (Å²) >= 11 is 7.28. The van der Waals surface area contributed by atoms with Gasteiger partial charge in [0.05, 0.1) is 0 Å². The Morgan fingerprint density at radius 1 is 1.56 bits per heavy atom. The first-order valence-electron chi connectivity index (χ1n) is 5.00. The Morgan fingerprint density at radius 2 is 2.38 bits per heavy atom. The molecule has 0 radical (unpaired) electrons. The van der Waals surface area contributed by atoms with E-state index in [1.54, 1.807) is 11.8 Å². The molecule has 1 aliphatic heterocycles. The first-order valence-corrected chi connectivity index (χ1v) is 6.36. The van der Waals surface area contributed by atoms with Crippen molar-refractivity contribution in [1.82, 2.24) is 15.2 Å². The fourth-order valence-electron chi connectivity index (χ4n) is 1.33. The number of hydrogen-bond acceptors (Lipinski definition) is 5. The highest BCUT2D eigenvalue weighted by atomic mass is 35.5. The van der Waals surface area contributed by atoms with Crippen molar-refractivity contribution in [1.29, 1.82) is 0 Å². The average Bonchev–Trinajstić information content (AvgIpc) is 2.73. The highest BCUT2D eigenvalue weighted by molar-refractivity contribution is 8.13. The van der Waals surface area contributed by atoms with Crippen LogP contribution in [0.5, 0.6) is 0 Å². The van der Waals surface area contributed by atoms with Gasteiger partial charge in [0.1, 0.15) is 16.5 Å². The molecule has 0 atom stereocenters. The number of aromatic amines is 1. The topological polar surface area (TPSA) is 63.2 Å². The van der Waals surface area contributed by atoms with Crippen molar-refractivity contribution in [3.8, 4) is 0 Å². The van der Waals surface area contributed by atoms with Crippen LogP contribution in [0.2, 0.25) is 5.28 Å². The lowest BCUT2D eigenvalue weighted by atomic mass is 10.1. The van der Waals surface area contributed by atoms with E-state index in [2.05, 4.69) is 20.3 Å². The van der Waals surface area contributed by atoms with E-state index in [0.29, 0.717) is 0 Å². The van der Waals surface area contributed by atoms with Crippen molar-refractivity contribution in [2.45, 2.75) is 32.3 Å². The molecule has 1 aromatic rings. The molecule has 1 N–H and O–H groups in total. The van der Waals surface area contributed by atoms with E-state index >= 15 is 0 Å². The van der Waals surface area contributed by atoms with Crippen molar-refractivity contribution < 1.29 is 4.84 Å². The molecule has 0 unspecified atom stereocenters. The van der Waals surface area contributed by atoms with Crippen molar-refractivity contribution in [3.05, 3.63) is 11.1 Å². The van der Waals surface area contributed by atoms with Crippen LogP contribution in [0.15, 0.2) is 5.16 Å². The standard InChI is InChI=1S/C9H13ClN4OS/c1-9(2)5-7(14-15-9)16-4-3-6-11-8(10)13-12-6/h3-5H2,1-2H3,(H,11,12,13). The summed E-state index contributed by atoms with van der Waals surface area (Å²) in [5.41, 5.74) is -0.155. The second-order valence-electron chi connectivity index (χ2n) is 4.16. The van der Waals surface area contributed by atoms with Gasteiger partial charge in [-0.1, -0.05) is 5.16 Å². The number of aryl methyl sites for hydroxylation is 1. The monoisotopic (exact) mass is 260 g/mol. The molecule has 0 aromatic carbocycles. The maximum atomic E-state index is 5.60. The molecule has 0 saturated heterocycles. The Balaban J connectivity index is 1.73. The molecule has 7 heteroatoms. The lowest BCUT2D eigenvalue weighted by Crippen LogP contribution is -2.18. The number of thioether (sulfide) groups is 1. The van der Waals surface area contributed by atoms with E-state index < -0.39 is 0 Å². The molecule has 2 heterocycles. The van der Waals surface area contributed by atoms with Gasteiger partial charge in [-0.25, -0.2) is 4.98 Å². The minimum absolute atomic E-state index is 0.155. The molecule has 0 saturated carbocycles. The molecule has 1 aromatic heterocycles. The minimum Gasteiger partial charge on any atom is -0.389 e. The maximum absolute atomic E-state index is 5.60. The summed E-state index contributed by atoms with van der Waals surface area (Å²) in [6.45, 7) is 4.06. The summed E-state index contributed by atoms with van der Waals surface area (Å²) in [4.78, 5) is 9.29. The summed E-state index contributed by atoms with van der Waals surface area (Å²) in [6, 6.07) is 0. The van der Waals surface area contributed by atoms with Crippen LogP contribution < -0.4 is 0 Å². The summed E-state index contributed by atoms with van der Waals surface area (Å²) in [6.07, 6.45) is 1.67. The van der Waals surface area contributed by atoms with Gasteiger partial charge in [-0.05, 0) is 25.4 Å². The molecule has 16 heavy (non-hydrogen) atoms. The van der Waals surface area contributed by atoms with E-state index in [0.717, 1.165) is 29.5 Å². The van der Waals surface area contributed by atoms with Crippen molar-refractivity contribution in [2.24, 2.45) is 5.16 Å². The van der Waals surface area contributed by atoms with Crippen LogP contribution in [0.1, 0.15) is 26.1 Å². The van der Waals surface area contributed by atoms with Gasteiger partial charge in [-0.2, -0.15) is 0 Å². The molecule has 2 rings (SSSR count). The van der Waals surface area contributed by atoms with Gasteiger partial charge in [0.15, 0.2) is 0 Å². The first kappa shape index (κ1) is 11.7. The third-order valence-electron chi connectivity index (χ3n) is 2.08. The van der Waals surface area contributed by atoms with Gasteiger partial charge in [0.25, 0.3) is 0 Å². The summed E-state index contributed by atoms with van der Waals surface area (Å²) < 4.78 is 0. The Labute approximate surface area is 103 Å². The second kappa shape index (κ2) is 4.63. The molecule has 0 bridgehead atoms. The molecular formula is C9H13ClN4OS. The Bertz CT molecular complexity index is 404. The maximum Gasteiger partial charge on any atom is 0.242 e. The number of hydrogen-bond donors (Lipinski definition) is 1. The predicted molar refractivity (Wildman–Crippen MR) is 64.8 cm³/mol. The Morgan fingerprint density at radius 3 is 2.94 bits per heavy atom. The van der Waals surface area contributed by atoms with Crippen molar-refractivity contribution in [3.63, 3.8) is 0 Å². The number of aromatic nitrogens is 3. The van der Waals surface area contributed by atoms with Crippen LogP contribution >= 0.6 is 23.4 Å². The number of halogens is 1. The number of nitrogens with zero attached hydrogens (tertiary/aromatic N) is 3. The third kappa shape index (κ3) is 3.12. The zero-order valence-corrected chi connectivity index (χ0v) is 10.7.